The van der Waals surface area contributed by atoms with Crippen molar-refractivity contribution < 1.29 is 4.52 Å². The Kier molecular flexibility index (Phi) is 2.80. The van der Waals surface area contributed by atoms with Crippen LogP contribution in [-0.2, 0) is 6.54 Å². The molecule has 0 saturated carbocycles. The number of hydrogen-bond acceptors (Lipinski definition) is 6. The molecule has 0 aliphatic rings. The lowest BCUT2D eigenvalue weighted by Crippen LogP contribution is -2.18. The fraction of sp³-hybridized carbons (Fsp3) is 0.400. The van der Waals surface area contributed by atoms with E-state index in [2.05, 4.69) is 20.1 Å². The van der Waals surface area contributed by atoms with Gasteiger partial charge in [-0.1, -0.05) is 5.16 Å². The van der Waals surface area contributed by atoms with Crippen molar-refractivity contribution in [2.24, 2.45) is 0 Å². The molecular formula is C10H13N5O. The van der Waals surface area contributed by atoms with Gasteiger partial charge in [-0.15, -0.1) is 0 Å². The summed E-state index contributed by atoms with van der Waals surface area (Å²) in [5.74, 6) is 2.06. The van der Waals surface area contributed by atoms with E-state index in [1.807, 2.05) is 24.9 Å². The van der Waals surface area contributed by atoms with Crippen molar-refractivity contribution in [2.75, 3.05) is 11.9 Å². The summed E-state index contributed by atoms with van der Waals surface area (Å²) in [6, 6.07) is 1.91. The van der Waals surface area contributed by atoms with Crippen molar-refractivity contribution >= 4 is 5.82 Å². The first-order chi connectivity index (χ1) is 7.65. The Bertz CT molecular complexity index is 482. The first-order valence-electron chi connectivity index (χ1n) is 4.94. The highest BCUT2D eigenvalue weighted by Gasteiger charge is 2.08. The second-order valence-electron chi connectivity index (χ2n) is 3.60. The number of hydrogen-bond donors (Lipinski definition) is 0. The van der Waals surface area contributed by atoms with Crippen molar-refractivity contribution in [1.29, 1.82) is 0 Å². The predicted octanol–water partition coefficient (Wildman–Crippen LogP) is 1.11. The van der Waals surface area contributed by atoms with E-state index in [-0.39, 0.29) is 0 Å². The van der Waals surface area contributed by atoms with E-state index < -0.39 is 0 Å². The van der Waals surface area contributed by atoms with Crippen LogP contribution >= 0.6 is 0 Å². The SMILES string of the molecule is Cc1cc(N(C)Cc2noc(C)n2)ncn1. The molecule has 0 saturated heterocycles. The van der Waals surface area contributed by atoms with Crippen LogP contribution in [0.3, 0.4) is 0 Å². The third-order valence-corrected chi connectivity index (χ3v) is 2.13. The van der Waals surface area contributed by atoms with E-state index in [9.17, 15) is 0 Å². The molecule has 0 aromatic carbocycles. The third kappa shape index (κ3) is 2.33. The molecule has 2 aromatic heterocycles. The van der Waals surface area contributed by atoms with Gasteiger partial charge in [0.25, 0.3) is 0 Å². The van der Waals surface area contributed by atoms with E-state index in [0.717, 1.165) is 11.5 Å². The Hall–Kier alpha value is -1.98. The van der Waals surface area contributed by atoms with Crippen molar-refractivity contribution in [3.63, 3.8) is 0 Å². The quantitative estimate of drug-likeness (QED) is 0.770. The molecular weight excluding hydrogens is 206 g/mol. The molecule has 0 fully saturated rings. The summed E-state index contributed by atoms with van der Waals surface area (Å²) in [5, 5.41) is 3.83. The highest BCUT2D eigenvalue weighted by atomic mass is 16.5. The Morgan fingerprint density at radius 2 is 2.12 bits per heavy atom. The number of nitrogens with zero attached hydrogens (tertiary/aromatic N) is 5. The Morgan fingerprint density at radius 1 is 1.31 bits per heavy atom. The minimum atomic E-state index is 0.563. The van der Waals surface area contributed by atoms with Crippen LogP contribution in [-0.4, -0.2) is 27.2 Å². The summed E-state index contributed by atoms with van der Waals surface area (Å²) in [5.41, 5.74) is 0.932. The standard InChI is InChI=1S/C10H13N5O/c1-7-4-10(12-6-11-7)15(3)5-9-13-8(2)16-14-9/h4,6H,5H2,1-3H3. The molecule has 16 heavy (non-hydrogen) atoms. The number of anilines is 1. The predicted molar refractivity (Wildman–Crippen MR) is 57.9 cm³/mol. The molecule has 0 unspecified atom stereocenters. The minimum absolute atomic E-state index is 0.563. The van der Waals surface area contributed by atoms with Gasteiger partial charge in [-0.3, -0.25) is 0 Å². The molecule has 0 bridgehead atoms. The fourth-order valence-electron chi connectivity index (χ4n) is 1.35. The second kappa shape index (κ2) is 4.26. The lowest BCUT2D eigenvalue weighted by atomic mass is 10.4. The van der Waals surface area contributed by atoms with E-state index >= 15 is 0 Å². The van der Waals surface area contributed by atoms with Gasteiger partial charge in [-0.05, 0) is 6.92 Å². The lowest BCUT2D eigenvalue weighted by Gasteiger charge is -2.15. The summed E-state index contributed by atoms with van der Waals surface area (Å²) in [6.45, 7) is 4.26. The van der Waals surface area contributed by atoms with Crippen molar-refractivity contribution in [3.8, 4) is 0 Å². The molecule has 0 amide bonds. The van der Waals surface area contributed by atoms with Crippen molar-refractivity contribution in [1.82, 2.24) is 20.1 Å². The summed E-state index contributed by atoms with van der Waals surface area (Å²) < 4.78 is 4.90. The summed E-state index contributed by atoms with van der Waals surface area (Å²) >= 11 is 0. The van der Waals surface area contributed by atoms with Crippen LogP contribution in [0.4, 0.5) is 5.82 Å². The zero-order valence-electron chi connectivity index (χ0n) is 9.51. The molecule has 2 heterocycles. The largest absolute Gasteiger partial charge is 0.352 e. The van der Waals surface area contributed by atoms with Gasteiger partial charge in [0.1, 0.15) is 12.1 Å². The first-order valence-corrected chi connectivity index (χ1v) is 4.94. The Morgan fingerprint density at radius 3 is 2.75 bits per heavy atom. The molecule has 0 radical (unpaired) electrons. The fourth-order valence-corrected chi connectivity index (χ4v) is 1.35. The molecule has 2 aromatic rings. The van der Waals surface area contributed by atoms with Gasteiger partial charge < -0.3 is 9.42 Å². The van der Waals surface area contributed by atoms with Crippen LogP contribution < -0.4 is 4.90 Å². The molecule has 0 atom stereocenters. The maximum atomic E-state index is 4.90. The monoisotopic (exact) mass is 219 g/mol. The van der Waals surface area contributed by atoms with Gasteiger partial charge in [0.15, 0.2) is 5.82 Å². The second-order valence-corrected chi connectivity index (χ2v) is 3.60. The maximum absolute atomic E-state index is 4.90. The average molecular weight is 219 g/mol. The lowest BCUT2D eigenvalue weighted by molar-refractivity contribution is 0.387. The van der Waals surface area contributed by atoms with Gasteiger partial charge in [0, 0.05) is 25.7 Å². The normalized spacial score (nSPS) is 10.4. The van der Waals surface area contributed by atoms with E-state index in [0.29, 0.717) is 18.3 Å². The van der Waals surface area contributed by atoms with Crippen molar-refractivity contribution in [3.05, 3.63) is 29.8 Å². The number of aryl methyl sites for hydroxylation is 2. The molecule has 0 spiro atoms. The number of rotatable bonds is 3. The van der Waals surface area contributed by atoms with Crippen LogP contribution in [0.15, 0.2) is 16.9 Å². The molecule has 0 aliphatic carbocycles. The third-order valence-electron chi connectivity index (χ3n) is 2.13. The summed E-state index contributed by atoms with van der Waals surface area (Å²) in [4.78, 5) is 14.3. The molecule has 2 rings (SSSR count). The molecule has 6 nitrogen and oxygen atoms in total. The topological polar surface area (TPSA) is 67.9 Å². The average Bonchev–Trinajstić information content (AvgIpc) is 2.64. The van der Waals surface area contributed by atoms with Gasteiger partial charge in [0.2, 0.25) is 5.89 Å². The van der Waals surface area contributed by atoms with Gasteiger partial charge in [0.05, 0.1) is 6.54 Å². The highest BCUT2D eigenvalue weighted by molar-refractivity contribution is 5.37. The molecule has 0 aliphatic heterocycles. The van der Waals surface area contributed by atoms with Gasteiger partial charge in [-0.2, -0.15) is 4.98 Å². The maximum Gasteiger partial charge on any atom is 0.223 e. The first kappa shape index (κ1) is 10.5. The Balaban J connectivity index is 2.11. The van der Waals surface area contributed by atoms with Gasteiger partial charge >= 0.3 is 0 Å². The van der Waals surface area contributed by atoms with Crippen LogP contribution in [0.5, 0.6) is 0 Å². The smallest absolute Gasteiger partial charge is 0.223 e. The van der Waals surface area contributed by atoms with E-state index in [1.165, 1.54) is 0 Å². The number of aromatic nitrogens is 4. The minimum Gasteiger partial charge on any atom is -0.352 e. The zero-order chi connectivity index (χ0) is 11.5. The van der Waals surface area contributed by atoms with Gasteiger partial charge in [-0.25, -0.2) is 9.97 Å². The molecule has 84 valence electrons. The summed E-state index contributed by atoms with van der Waals surface area (Å²) in [7, 11) is 1.92. The van der Waals surface area contributed by atoms with E-state index in [4.69, 9.17) is 4.52 Å². The van der Waals surface area contributed by atoms with Crippen LogP contribution in [0, 0.1) is 13.8 Å². The van der Waals surface area contributed by atoms with E-state index in [1.54, 1.807) is 13.3 Å². The van der Waals surface area contributed by atoms with Crippen molar-refractivity contribution in [2.45, 2.75) is 20.4 Å². The summed E-state index contributed by atoms with van der Waals surface area (Å²) in [6.07, 6.45) is 1.54. The molecule has 6 heteroatoms. The van der Waals surface area contributed by atoms with Crippen LogP contribution in [0.1, 0.15) is 17.4 Å². The van der Waals surface area contributed by atoms with Crippen LogP contribution in [0.25, 0.3) is 0 Å². The molecule has 0 N–H and O–H groups in total. The van der Waals surface area contributed by atoms with Crippen LogP contribution in [0.2, 0.25) is 0 Å². The zero-order valence-corrected chi connectivity index (χ0v) is 9.51. The highest BCUT2D eigenvalue weighted by Crippen LogP contribution is 2.10. The Labute approximate surface area is 93.3 Å².